The fraction of sp³-hybridized carbons (Fsp3) is 0.0714. The summed E-state index contributed by atoms with van der Waals surface area (Å²) in [5, 5.41) is 8.98. The van der Waals surface area contributed by atoms with Crippen molar-refractivity contribution >= 4 is 33.0 Å². The van der Waals surface area contributed by atoms with Gasteiger partial charge in [0.1, 0.15) is 6.07 Å². The van der Waals surface area contributed by atoms with E-state index in [9.17, 15) is 8.42 Å². The molecule has 0 saturated carbocycles. The number of sulfonamides is 1. The van der Waals surface area contributed by atoms with Crippen LogP contribution in [0.3, 0.4) is 0 Å². The standard InChI is InChI=1S/C14H12ClN3O2S/c15-14-7-13(6-3-11(14)8-16)18-21(19,20)9-10-1-4-12(17)5-2-10/h1-7,18H,9,17H2. The molecule has 0 bridgehead atoms. The van der Waals surface area contributed by atoms with E-state index in [0.717, 1.165) is 0 Å². The topological polar surface area (TPSA) is 96.0 Å². The highest BCUT2D eigenvalue weighted by atomic mass is 35.5. The van der Waals surface area contributed by atoms with Crippen LogP contribution in [0.25, 0.3) is 0 Å². The Kier molecular flexibility index (Phi) is 4.36. The molecule has 2 aromatic rings. The minimum Gasteiger partial charge on any atom is -0.399 e. The third-order valence-corrected chi connectivity index (χ3v) is 4.27. The minimum absolute atomic E-state index is 0.176. The molecule has 5 nitrogen and oxygen atoms in total. The number of benzene rings is 2. The van der Waals surface area contributed by atoms with Gasteiger partial charge in [-0.2, -0.15) is 5.26 Å². The zero-order valence-corrected chi connectivity index (χ0v) is 12.4. The van der Waals surface area contributed by atoms with Gasteiger partial charge in [0.25, 0.3) is 0 Å². The quantitative estimate of drug-likeness (QED) is 0.846. The third kappa shape index (κ3) is 4.12. The molecule has 0 spiro atoms. The van der Waals surface area contributed by atoms with Gasteiger partial charge < -0.3 is 5.73 Å². The van der Waals surface area contributed by atoms with Crippen LogP contribution in [0.4, 0.5) is 11.4 Å². The van der Waals surface area contributed by atoms with Crippen molar-refractivity contribution in [2.24, 2.45) is 0 Å². The highest BCUT2D eigenvalue weighted by molar-refractivity contribution is 7.91. The first-order valence-electron chi connectivity index (χ1n) is 5.94. The first kappa shape index (κ1) is 15.2. The van der Waals surface area contributed by atoms with Crippen LogP contribution < -0.4 is 10.5 Å². The van der Waals surface area contributed by atoms with Crippen LogP contribution in [0.1, 0.15) is 11.1 Å². The van der Waals surface area contributed by atoms with Crippen molar-refractivity contribution in [3.63, 3.8) is 0 Å². The number of halogens is 1. The minimum atomic E-state index is -3.57. The van der Waals surface area contributed by atoms with E-state index in [1.165, 1.54) is 18.2 Å². The Morgan fingerprint density at radius 3 is 2.43 bits per heavy atom. The van der Waals surface area contributed by atoms with E-state index in [1.54, 1.807) is 24.3 Å². The average molecular weight is 322 g/mol. The van der Waals surface area contributed by atoms with Gasteiger partial charge >= 0.3 is 0 Å². The first-order chi connectivity index (χ1) is 9.89. The van der Waals surface area contributed by atoms with E-state index in [1.807, 2.05) is 6.07 Å². The monoisotopic (exact) mass is 321 g/mol. The molecule has 21 heavy (non-hydrogen) atoms. The molecule has 0 saturated heterocycles. The summed E-state index contributed by atoms with van der Waals surface area (Å²) in [5.41, 5.74) is 7.35. The predicted molar refractivity (Wildman–Crippen MR) is 83.3 cm³/mol. The molecule has 0 heterocycles. The SMILES string of the molecule is N#Cc1ccc(NS(=O)(=O)Cc2ccc(N)cc2)cc1Cl. The molecule has 0 aliphatic rings. The van der Waals surface area contributed by atoms with Crippen LogP contribution in [-0.2, 0) is 15.8 Å². The molecule has 3 N–H and O–H groups in total. The van der Waals surface area contributed by atoms with Crippen molar-refractivity contribution in [2.45, 2.75) is 5.75 Å². The van der Waals surface area contributed by atoms with Crippen LogP contribution in [0, 0.1) is 11.3 Å². The summed E-state index contributed by atoms with van der Waals surface area (Å²) >= 11 is 5.86. The van der Waals surface area contributed by atoms with Gasteiger partial charge in [0.05, 0.1) is 22.0 Å². The number of hydrogen-bond donors (Lipinski definition) is 2. The number of nitrogen functional groups attached to an aromatic ring is 1. The Labute approximate surface area is 128 Å². The third-order valence-electron chi connectivity index (χ3n) is 2.70. The lowest BCUT2D eigenvalue weighted by atomic mass is 10.2. The van der Waals surface area contributed by atoms with E-state index < -0.39 is 10.0 Å². The van der Waals surface area contributed by atoms with E-state index >= 15 is 0 Å². The van der Waals surface area contributed by atoms with Gasteiger partial charge in [-0.25, -0.2) is 8.42 Å². The number of rotatable bonds is 4. The van der Waals surface area contributed by atoms with Gasteiger partial charge in [0, 0.05) is 5.69 Å². The average Bonchev–Trinajstić information content (AvgIpc) is 2.41. The lowest BCUT2D eigenvalue weighted by molar-refractivity contribution is 0.600. The number of nitrogens with one attached hydrogen (secondary N) is 1. The summed E-state index contributed by atoms with van der Waals surface area (Å²) in [7, 11) is -3.57. The van der Waals surface area contributed by atoms with Gasteiger partial charge in [-0.05, 0) is 35.9 Å². The number of nitrogens with two attached hydrogens (primary N) is 1. The van der Waals surface area contributed by atoms with E-state index in [-0.39, 0.29) is 16.3 Å². The van der Waals surface area contributed by atoms with Crippen molar-refractivity contribution in [1.82, 2.24) is 0 Å². The number of hydrogen-bond acceptors (Lipinski definition) is 4. The number of anilines is 2. The van der Waals surface area contributed by atoms with Gasteiger partial charge in [-0.1, -0.05) is 23.7 Å². The Balaban J connectivity index is 2.16. The molecule has 0 fully saturated rings. The van der Waals surface area contributed by atoms with Gasteiger partial charge in [-0.3, -0.25) is 4.72 Å². The second-order valence-corrected chi connectivity index (χ2v) is 6.54. The van der Waals surface area contributed by atoms with Crippen LogP contribution >= 0.6 is 11.6 Å². The molecule has 2 rings (SSSR count). The second kappa shape index (κ2) is 6.04. The van der Waals surface area contributed by atoms with Crippen LogP contribution in [0.15, 0.2) is 42.5 Å². The Bertz CT molecular complexity index is 796. The molecule has 2 aromatic carbocycles. The normalized spacial score (nSPS) is 10.9. The smallest absolute Gasteiger partial charge is 0.236 e. The van der Waals surface area contributed by atoms with Gasteiger partial charge in [0.15, 0.2) is 0 Å². The first-order valence-corrected chi connectivity index (χ1v) is 7.97. The van der Waals surface area contributed by atoms with Crippen LogP contribution in [0.2, 0.25) is 5.02 Å². The zero-order valence-electron chi connectivity index (χ0n) is 10.9. The lowest BCUT2D eigenvalue weighted by Crippen LogP contribution is -2.15. The van der Waals surface area contributed by atoms with Crippen LogP contribution in [-0.4, -0.2) is 8.42 Å². The molecule has 0 amide bonds. The van der Waals surface area contributed by atoms with Crippen molar-refractivity contribution in [3.8, 4) is 6.07 Å². The van der Waals surface area contributed by atoms with Gasteiger partial charge in [-0.15, -0.1) is 0 Å². The maximum absolute atomic E-state index is 12.1. The van der Waals surface area contributed by atoms with E-state index in [0.29, 0.717) is 16.9 Å². The van der Waals surface area contributed by atoms with Crippen molar-refractivity contribution in [1.29, 1.82) is 5.26 Å². The summed E-state index contributed by atoms with van der Waals surface area (Å²) in [6, 6.07) is 12.9. The molecular weight excluding hydrogens is 310 g/mol. The number of nitrogens with zero attached hydrogens (tertiary/aromatic N) is 1. The summed E-state index contributed by atoms with van der Waals surface area (Å²) < 4.78 is 26.6. The molecule has 108 valence electrons. The highest BCUT2D eigenvalue weighted by Crippen LogP contribution is 2.21. The Morgan fingerprint density at radius 2 is 1.86 bits per heavy atom. The van der Waals surface area contributed by atoms with E-state index in [4.69, 9.17) is 22.6 Å². The molecule has 0 radical (unpaired) electrons. The zero-order chi connectivity index (χ0) is 15.5. The predicted octanol–water partition coefficient (Wildman–Crippen LogP) is 2.74. The Hall–Kier alpha value is -2.23. The highest BCUT2D eigenvalue weighted by Gasteiger charge is 2.12. The fourth-order valence-electron chi connectivity index (χ4n) is 1.72. The molecule has 0 atom stereocenters. The van der Waals surface area contributed by atoms with Crippen molar-refractivity contribution in [3.05, 3.63) is 58.6 Å². The molecule has 0 aliphatic heterocycles. The summed E-state index contributed by atoms with van der Waals surface area (Å²) in [6.07, 6.45) is 0. The summed E-state index contributed by atoms with van der Waals surface area (Å²) in [6.45, 7) is 0. The Morgan fingerprint density at radius 1 is 1.19 bits per heavy atom. The van der Waals surface area contributed by atoms with Crippen molar-refractivity contribution < 1.29 is 8.42 Å². The van der Waals surface area contributed by atoms with E-state index in [2.05, 4.69) is 4.72 Å². The fourth-order valence-corrected chi connectivity index (χ4v) is 3.13. The van der Waals surface area contributed by atoms with Crippen LogP contribution in [0.5, 0.6) is 0 Å². The molecule has 0 unspecified atom stereocenters. The van der Waals surface area contributed by atoms with Crippen molar-refractivity contribution in [2.75, 3.05) is 10.5 Å². The maximum atomic E-state index is 12.1. The summed E-state index contributed by atoms with van der Waals surface area (Å²) in [5.74, 6) is -0.176. The largest absolute Gasteiger partial charge is 0.399 e. The second-order valence-electron chi connectivity index (χ2n) is 4.41. The molecule has 0 aliphatic carbocycles. The molecule has 7 heteroatoms. The lowest BCUT2D eigenvalue weighted by Gasteiger charge is -2.09. The maximum Gasteiger partial charge on any atom is 0.236 e. The molecular formula is C14H12ClN3O2S. The van der Waals surface area contributed by atoms with Gasteiger partial charge in [0.2, 0.25) is 10.0 Å². The molecule has 0 aromatic heterocycles. The number of nitriles is 1. The summed E-state index contributed by atoms with van der Waals surface area (Å²) in [4.78, 5) is 0.